The Morgan fingerprint density at radius 1 is 0.377 bits per heavy atom. The molecule has 0 saturated carbocycles. The first-order chi connectivity index (χ1) is 26.3. The lowest BCUT2D eigenvalue weighted by Crippen LogP contribution is -2.00. The van der Waals surface area contributed by atoms with Gasteiger partial charge in [-0.2, -0.15) is 0 Å². The van der Waals surface area contributed by atoms with Crippen molar-refractivity contribution in [1.29, 1.82) is 0 Å². The SMILES string of the molecule is c1ccc(-c2nc(-c3ccccc3)nc(-c3ccc(-n4c5cc6c(cc5c5ccc7c(ccn7-c7ccccc7)c54)sc4ccccc46)cc3)n2)cc1. The minimum atomic E-state index is 0.639. The number of thiophene rings is 1. The van der Waals surface area contributed by atoms with Crippen LogP contribution in [0.3, 0.4) is 0 Å². The first-order valence-corrected chi connectivity index (χ1v) is 18.5. The zero-order valence-corrected chi connectivity index (χ0v) is 29.2. The highest BCUT2D eigenvalue weighted by molar-refractivity contribution is 7.25. The quantitative estimate of drug-likeness (QED) is 0.180. The first kappa shape index (κ1) is 29.8. The van der Waals surface area contributed by atoms with Gasteiger partial charge in [-0.15, -0.1) is 11.3 Å². The molecule has 0 unspecified atom stereocenters. The summed E-state index contributed by atoms with van der Waals surface area (Å²) in [5, 5.41) is 6.26. The molecule has 0 fully saturated rings. The fraction of sp³-hybridized carbons (Fsp3) is 0. The van der Waals surface area contributed by atoms with Crippen molar-refractivity contribution in [3.8, 4) is 45.5 Å². The van der Waals surface area contributed by atoms with Gasteiger partial charge in [-0.3, -0.25) is 0 Å². The highest BCUT2D eigenvalue weighted by Gasteiger charge is 2.20. The average Bonchev–Trinajstić information content (AvgIpc) is 3.92. The van der Waals surface area contributed by atoms with Crippen LogP contribution >= 0.6 is 11.3 Å². The second-order valence-corrected chi connectivity index (χ2v) is 14.4. The first-order valence-electron chi connectivity index (χ1n) is 17.7. The molecule has 6 heteroatoms. The van der Waals surface area contributed by atoms with Crippen molar-refractivity contribution in [1.82, 2.24) is 24.1 Å². The summed E-state index contributed by atoms with van der Waals surface area (Å²) in [6.07, 6.45) is 2.19. The molecule has 0 aliphatic rings. The Morgan fingerprint density at radius 3 is 1.66 bits per heavy atom. The number of hydrogen-bond acceptors (Lipinski definition) is 4. The molecule has 0 radical (unpaired) electrons. The van der Waals surface area contributed by atoms with Crippen molar-refractivity contribution in [3.63, 3.8) is 0 Å². The van der Waals surface area contributed by atoms with Crippen LogP contribution < -0.4 is 0 Å². The Balaban J connectivity index is 1.14. The second-order valence-electron chi connectivity index (χ2n) is 13.3. The van der Waals surface area contributed by atoms with Gasteiger partial charge in [0.1, 0.15) is 0 Å². The number of aromatic nitrogens is 5. The summed E-state index contributed by atoms with van der Waals surface area (Å²) in [6, 6.07) is 59.8. The van der Waals surface area contributed by atoms with Crippen molar-refractivity contribution < 1.29 is 0 Å². The molecule has 248 valence electrons. The molecular formula is C47H29N5S. The largest absolute Gasteiger partial charge is 0.316 e. The van der Waals surface area contributed by atoms with Crippen LogP contribution in [0.25, 0.3) is 98.4 Å². The van der Waals surface area contributed by atoms with Crippen LogP contribution in [-0.2, 0) is 0 Å². The topological polar surface area (TPSA) is 48.5 Å². The summed E-state index contributed by atoms with van der Waals surface area (Å²) in [7, 11) is 0. The Kier molecular flexibility index (Phi) is 6.66. The van der Waals surface area contributed by atoms with Crippen LogP contribution in [0, 0.1) is 0 Å². The second kappa shape index (κ2) is 11.8. The lowest BCUT2D eigenvalue weighted by atomic mass is 10.1. The van der Waals surface area contributed by atoms with Crippen LogP contribution in [0.5, 0.6) is 0 Å². The fourth-order valence-corrected chi connectivity index (χ4v) is 8.85. The van der Waals surface area contributed by atoms with Crippen LogP contribution in [-0.4, -0.2) is 24.1 Å². The van der Waals surface area contributed by atoms with Gasteiger partial charge in [0, 0.05) is 70.6 Å². The lowest BCUT2D eigenvalue weighted by molar-refractivity contribution is 1.07. The maximum atomic E-state index is 4.99. The van der Waals surface area contributed by atoms with Crippen molar-refractivity contribution >= 4 is 64.2 Å². The lowest BCUT2D eigenvalue weighted by Gasteiger charge is -2.12. The highest BCUT2D eigenvalue weighted by Crippen LogP contribution is 2.43. The standard InChI is InChI=1S/C47H29N5S/c1-4-12-30(13-5-1)45-48-46(31-14-6-2-7-15-31)50-47(49-45)32-20-22-34(23-21-32)52-41-28-39-35-18-10-11-19-42(35)53-43(39)29-38(41)36-24-25-40-37(44(36)52)26-27-51(40)33-16-8-3-9-17-33/h1-29H. The molecule has 11 aromatic rings. The summed E-state index contributed by atoms with van der Waals surface area (Å²) < 4.78 is 7.32. The zero-order valence-electron chi connectivity index (χ0n) is 28.4. The molecule has 5 nitrogen and oxygen atoms in total. The van der Waals surface area contributed by atoms with Gasteiger partial charge in [0.15, 0.2) is 17.5 Å². The molecule has 0 aliphatic heterocycles. The van der Waals surface area contributed by atoms with Gasteiger partial charge in [0.05, 0.1) is 16.6 Å². The summed E-state index contributed by atoms with van der Waals surface area (Å²) in [5.74, 6) is 1.94. The van der Waals surface area contributed by atoms with Gasteiger partial charge in [0.25, 0.3) is 0 Å². The highest BCUT2D eigenvalue weighted by atomic mass is 32.1. The normalized spacial score (nSPS) is 11.8. The Labute approximate surface area is 308 Å². The number of benzene rings is 7. The van der Waals surface area contributed by atoms with Crippen LogP contribution in [0.4, 0.5) is 0 Å². The predicted octanol–water partition coefficient (Wildman–Crippen LogP) is 12.3. The van der Waals surface area contributed by atoms with Crippen molar-refractivity contribution in [3.05, 3.63) is 176 Å². The summed E-state index contributed by atoms with van der Waals surface area (Å²) in [5.41, 5.74) is 8.60. The molecule has 4 heterocycles. The van der Waals surface area contributed by atoms with Gasteiger partial charge in [-0.05, 0) is 66.7 Å². The van der Waals surface area contributed by atoms with E-state index in [9.17, 15) is 0 Å². The van der Waals surface area contributed by atoms with E-state index in [1.807, 2.05) is 72.0 Å². The van der Waals surface area contributed by atoms with Crippen LogP contribution in [0.15, 0.2) is 176 Å². The number of fused-ring (bicyclic) bond motifs is 8. The maximum absolute atomic E-state index is 4.99. The van der Waals surface area contributed by atoms with Gasteiger partial charge < -0.3 is 9.13 Å². The van der Waals surface area contributed by atoms with Gasteiger partial charge >= 0.3 is 0 Å². The van der Waals surface area contributed by atoms with E-state index < -0.39 is 0 Å². The van der Waals surface area contributed by atoms with Gasteiger partial charge in [-0.1, -0.05) is 103 Å². The van der Waals surface area contributed by atoms with Crippen LogP contribution in [0.2, 0.25) is 0 Å². The van der Waals surface area contributed by atoms with Gasteiger partial charge in [-0.25, -0.2) is 15.0 Å². The Morgan fingerprint density at radius 2 is 0.981 bits per heavy atom. The monoisotopic (exact) mass is 695 g/mol. The number of rotatable bonds is 5. The number of para-hydroxylation sites is 1. The molecule has 0 spiro atoms. The number of nitrogens with zero attached hydrogens (tertiary/aromatic N) is 5. The summed E-state index contributed by atoms with van der Waals surface area (Å²) in [6.45, 7) is 0. The van der Waals surface area contributed by atoms with E-state index in [0.717, 1.165) is 28.1 Å². The van der Waals surface area contributed by atoms with E-state index in [0.29, 0.717) is 17.5 Å². The molecule has 11 rings (SSSR count). The molecule has 0 atom stereocenters. The molecular weight excluding hydrogens is 667 g/mol. The molecule has 0 saturated heterocycles. The third-order valence-electron chi connectivity index (χ3n) is 10.2. The van der Waals surface area contributed by atoms with E-state index in [4.69, 9.17) is 15.0 Å². The molecule has 0 aliphatic carbocycles. The van der Waals surface area contributed by atoms with E-state index >= 15 is 0 Å². The molecule has 4 aromatic heterocycles. The maximum Gasteiger partial charge on any atom is 0.164 e. The smallest absolute Gasteiger partial charge is 0.164 e. The Hall–Kier alpha value is -6.89. The minimum Gasteiger partial charge on any atom is -0.316 e. The van der Waals surface area contributed by atoms with E-state index in [-0.39, 0.29) is 0 Å². The molecule has 0 N–H and O–H groups in total. The van der Waals surface area contributed by atoms with E-state index in [2.05, 4.69) is 125 Å². The molecule has 0 bridgehead atoms. The summed E-state index contributed by atoms with van der Waals surface area (Å²) >= 11 is 1.86. The summed E-state index contributed by atoms with van der Waals surface area (Å²) in [4.78, 5) is 14.9. The van der Waals surface area contributed by atoms with Crippen LogP contribution in [0.1, 0.15) is 0 Å². The molecule has 7 aromatic carbocycles. The number of hydrogen-bond donors (Lipinski definition) is 0. The van der Waals surface area contributed by atoms with Crippen molar-refractivity contribution in [2.75, 3.05) is 0 Å². The van der Waals surface area contributed by atoms with Crippen molar-refractivity contribution in [2.45, 2.75) is 0 Å². The van der Waals surface area contributed by atoms with Gasteiger partial charge in [0.2, 0.25) is 0 Å². The fourth-order valence-electron chi connectivity index (χ4n) is 7.72. The predicted molar refractivity (Wildman–Crippen MR) is 220 cm³/mol. The van der Waals surface area contributed by atoms with E-state index in [1.54, 1.807) is 0 Å². The minimum absolute atomic E-state index is 0.639. The molecule has 53 heavy (non-hydrogen) atoms. The van der Waals surface area contributed by atoms with E-state index in [1.165, 1.54) is 52.9 Å². The van der Waals surface area contributed by atoms with Crippen molar-refractivity contribution in [2.24, 2.45) is 0 Å². The zero-order chi connectivity index (χ0) is 34.9. The molecule has 0 amide bonds. The average molecular weight is 696 g/mol. The Bertz CT molecular complexity index is 3080. The third-order valence-corrected chi connectivity index (χ3v) is 11.3. The third kappa shape index (κ3) is 4.80.